The van der Waals surface area contributed by atoms with Crippen LogP contribution in [0.5, 0.6) is 0 Å². The molecule has 0 saturated heterocycles. The first kappa shape index (κ1) is 24.3. The number of pyridine rings is 2. The molecule has 0 unspecified atom stereocenters. The Hall–Kier alpha value is -4.07. The average molecular weight is 510 g/mol. The van der Waals surface area contributed by atoms with E-state index in [0.29, 0.717) is 41.9 Å². The highest BCUT2D eigenvalue weighted by atomic mass is 16.2. The van der Waals surface area contributed by atoms with E-state index in [0.717, 1.165) is 72.7 Å². The summed E-state index contributed by atoms with van der Waals surface area (Å²) in [5, 5.41) is 1.70. The third-order valence-corrected chi connectivity index (χ3v) is 7.80. The second-order valence-electron chi connectivity index (χ2n) is 10.3. The van der Waals surface area contributed by atoms with Crippen LogP contribution in [0.2, 0.25) is 0 Å². The van der Waals surface area contributed by atoms with Crippen molar-refractivity contribution in [2.24, 2.45) is 0 Å². The summed E-state index contributed by atoms with van der Waals surface area (Å²) in [5.74, 6) is -0.284. The summed E-state index contributed by atoms with van der Waals surface area (Å²) in [7, 11) is 1.54. The molecule has 0 atom stereocenters. The van der Waals surface area contributed by atoms with Crippen LogP contribution in [-0.2, 0) is 27.5 Å². The van der Waals surface area contributed by atoms with E-state index >= 15 is 0 Å². The molecule has 0 aliphatic carbocycles. The third kappa shape index (κ3) is 4.14. The van der Waals surface area contributed by atoms with E-state index in [4.69, 9.17) is 0 Å². The largest absolute Gasteiger partial charge is 0.332 e. The molecule has 0 radical (unpaired) electrons. The molecule has 4 aromatic rings. The molecule has 38 heavy (non-hydrogen) atoms. The van der Waals surface area contributed by atoms with Gasteiger partial charge in [0.15, 0.2) is 0 Å². The van der Waals surface area contributed by atoms with Crippen molar-refractivity contribution < 1.29 is 14.4 Å². The molecule has 2 aliphatic heterocycles. The van der Waals surface area contributed by atoms with Crippen LogP contribution >= 0.6 is 0 Å². The first-order valence-corrected chi connectivity index (χ1v) is 13.5. The summed E-state index contributed by atoms with van der Waals surface area (Å²) in [6, 6.07) is 7.65. The number of aromatic nitrogens is 4. The predicted octanol–water partition coefficient (Wildman–Crippen LogP) is 5.00. The number of hydrogen-bond acceptors (Lipinski definition) is 5. The fourth-order valence-electron chi connectivity index (χ4n) is 5.81. The van der Waals surface area contributed by atoms with Gasteiger partial charge in [-0.25, -0.2) is 9.97 Å². The lowest BCUT2D eigenvalue weighted by Crippen LogP contribution is -2.26. The van der Waals surface area contributed by atoms with E-state index in [1.54, 1.807) is 19.4 Å². The van der Waals surface area contributed by atoms with Gasteiger partial charge in [0.2, 0.25) is 0 Å². The average Bonchev–Trinajstić information content (AvgIpc) is 3.54. The minimum Gasteiger partial charge on any atom is -0.332 e. The topological polar surface area (TPSA) is 90.1 Å². The summed E-state index contributed by atoms with van der Waals surface area (Å²) in [6.45, 7) is 1.44. The standard InChI is InChI=1S/C30H31N5O3/c1-33-29(37)25-23-18-34(27-21(23)12-8-14-31-27)16-6-3-2-4-10-20(36)11-5-7-17-35-19-24(26(25)30(33)38)22-13-9-15-32-28(22)35/h8-9,12-15,18-19H,2-7,10-11,16-17H2,1H3. The Morgan fingerprint density at radius 2 is 1.13 bits per heavy atom. The molecule has 8 nitrogen and oxygen atoms in total. The summed E-state index contributed by atoms with van der Waals surface area (Å²) >= 11 is 0. The Labute approximate surface area is 221 Å². The zero-order chi connectivity index (χ0) is 26.2. The van der Waals surface area contributed by atoms with Crippen molar-refractivity contribution >= 4 is 50.8 Å². The van der Waals surface area contributed by atoms with Crippen molar-refractivity contribution in [2.75, 3.05) is 7.05 Å². The van der Waals surface area contributed by atoms with Crippen LogP contribution in [0.15, 0.2) is 49.1 Å². The molecule has 8 heteroatoms. The number of likely N-dealkylation sites (N-methyl/N-ethyl adjacent to an activating group) is 1. The first-order chi connectivity index (χ1) is 18.5. The predicted molar refractivity (Wildman–Crippen MR) is 146 cm³/mol. The lowest BCUT2D eigenvalue weighted by molar-refractivity contribution is -0.134. The number of carbonyl (C=O) groups is 3. The lowest BCUT2D eigenvalue weighted by Gasteiger charge is -2.06. The number of hydrogen-bond donors (Lipinski definition) is 0. The maximum Gasteiger partial charge on any atom is 0.261 e. The molecular formula is C30H31N5O3. The number of fused-ring (bicyclic) bond motifs is 12. The second-order valence-corrected chi connectivity index (χ2v) is 10.3. The summed E-state index contributed by atoms with van der Waals surface area (Å²) < 4.78 is 4.14. The maximum absolute atomic E-state index is 13.6. The van der Waals surface area contributed by atoms with E-state index in [9.17, 15) is 14.4 Å². The van der Waals surface area contributed by atoms with E-state index in [2.05, 4.69) is 19.1 Å². The molecule has 6 rings (SSSR count). The molecule has 194 valence electrons. The molecule has 2 amide bonds. The molecule has 4 aromatic heterocycles. The van der Waals surface area contributed by atoms with Crippen LogP contribution in [0.1, 0.15) is 62.5 Å². The van der Waals surface area contributed by atoms with Crippen LogP contribution in [0.3, 0.4) is 0 Å². The van der Waals surface area contributed by atoms with Crippen LogP contribution in [0, 0.1) is 0 Å². The van der Waals surface area contributed by atoms with Crippen LogP contribution in [0.25, 0.3) is 33.2 Å². The van der Waals surface area contributed by atoms with Gasteiger partial charge in [0.05, 0.1) is 11.1 Å². The number of carbonyl (C=O) groups excluding carboxylic acids is 3. The van der Waals surface area contributed by atoms with Gasteiger partial charge in [-0.2, -0.15) is 0 Å². The van der Waals surface area contributed by atoms with Gasteiger partial charge in [0, 0.05) is 79.7 Å². The highest BCUT2D eigenvalue weighted by Crippen LogP contribution is 2.41. The molecule has 0 saturated carbocycles. The van der Waals surface area contributed by atoms with Gasteiger partial charge >= 0.3 is 0 Å². The summed E-state index contributed by atoms with van der Waals surface area (Å²) in [6.07, 6.45) is 14.2. The molecule has 6 heterocycles. The zero-order valence-electron chi connectivity index (χ0n) is 21.7. The Balaban J connectivity index is 1.56. The third-order valence-electron chi connectivity index (χ3n) is 7.80. The van der Waals surface area contributed by atoms with Crippen molar-refractivity contribution in [3.8, 4) is 0 Å². The molecule has 0 aromatic carbocycles. The highest BCUT2D eigenvalue weighted by molar-refractivity contribution is 6.50. The van der Waals surface area contributed by atoms with Crippen molar-refractivity contribution in [2.45, 2.75) is 64.5 Å². The van der Waals surface area contributed by atoms with E-state index in [1.807, 2.05) is 36.7 Å². The van der Waals surface area contributed by atoms with Gasteiger partial charge < -0.3 is 9.13 Å². The number of ketones is 1. The molecular weight excluding hydrogens is 478 g/mol. The summed E-state index contributed by atoms with van der Waals surface area (Å²) in [5.41, 5.74) is 3.85. The Kier molecular flexibility index (Phi) is 6.39. The van der Waals surface area contributed by atoms with Crippen molar-refractivity contribution in [1.29, 1.82) is 0 Å². The fraction of sp³-hybridized carbons (Fsp3) is 0.367. The first-order valence-electron chi connectivity index (χ1n) is 13.5. The van der Waals surface area contributed by atoms with Crippen molar-refractivity contribution in [3.05, 3.63) is 60.2 Å². The molecule has 0 fully saturated rings. The van der Waals surface area contributed by atoms with Crippen molar-refractivity contribution in [3.63, 3.8) is 0 Å². The lowest BCUT2D eigenvalue weighted by atomic mass is 9.96. The van der Waals surface area contributed by atoms with Gasteiger partial charge in [-0.05, 0) is 49.9 Å². The number of rotatable bonds is 0. The number of amides is 2. The molecule has 2 aliphatic rings. The maximum atomic E-state index is 13.6. The van der Waals surface area contributed by atoms with Gasteiger partial charge in [-0.15, -0.1) is 0 Å². The molecule has 0 N–H and O–H groups in total. The monoisotopic (exact) mass is 509 g/mol. The van der Waals surface area contributed by atoms with Crippen molar-refractivity contribution in [1.82, 2.24) is 24.0 Å². The van der Waals surface area contributed by atoms with E-state index in [1.165, 1.54) is 4.90 Å². The highest BCUT2D eigenvalue weighted by Gasteiger charge is 2.39. The molecule has 0 spiro atoms. The molecule has 4 bridgehead atoms. The smallest absolute Gasteiger partial charge is 0.261 e. The van der Waals surface area contributed by atoms with Crippen LogP contribution in [0.4, 0.5) is 0 Å². The van der Waals surface area contributed by atoms with Crippen LogP contribution < -0.4 is 0 Å². The fourth-order valence-corrected chi connectivity index (χ4v) is 5.81. The second kappa shape index (κ2) is 10.0. The Bertz CT molecular complexity index is 1610. The Morgan fingerprint density at radius 1 is 0.658 bits per heavy atom. The number of Topliss-reactive ketones (excluding diaryl/α,β-unsaturated/α-hetero) is 1. The quantitative estimate of drug-likeness (QED) is 0.311. The van der Waals surface area contributed by atoms with Gasteiger partial charge in [0.1, 0.15) is 17.1 Å². The minimum absolute atomic E-state index is 0.304. The Morgan fingerprint density at radius 3 is 1.68 bits per heavy atom. The van der Waals surface area contributed by atoms with Gasteiger partial charge in [0.25, 0.3) is 11.8 Å². The minimum atomic E-state index is -0.311. The summed E-state index contributed by atoms with van der Waals surface area (Å²) in [4.78, 5) is 50.1. The van der Waals surface area contributed by atoms with E-state index in [-0.39, 0.29) is 11.8 Å². The SMILES string of the molecule is CN1C(=O)C2=C(C1=O)c1cn(c3ncccc13)CCCCC(=O)CCCCCCn1cc2c2cccnc21. The number of nitrogens with zero attached hydrogens (tertiary/aromatic N) is 5. The number of aryl methyl sites for hydroxylation is 2. The van der Waals surface area contributed by atoms with Gasteiger partial charge in [-0.1, -0.05) is 12.8 Å². The van der Waals surface area contributed by atoms with Gasteiger partial charge in [-0.3, -0.25) is 19.3 Å². The zero-order valence-corrected chi connectivity index (χ0v) is 21.7. The normalized spacial score (nSPS) is 18.1. The number of imide groups is 1. The van der Waals surface area contributed by atoms with E-state index < -0.39 is 0 Å². The van der Waals surface area contributed by atoms with Crippen LogP contribution in [-0.4, -0.2) is 48.6 Å².